The Bertz CT molecular complexity index is 639. The largest absolute Gasteiger partial charge is 0.466 e. The van der Waals surface area contributed by atoms with E-state index in [0.717, 1.165) is 5.69 Å². The van der Waals surface area contributed by atoms with Gasteiger partial charge in [0.05, 0.1) is 18.6 Å². The minimum atomic E-state index is -0.532. The highest BCUT2D eigenvalue weighted by molar-refractivity contribution is 5.98. The van der Waals surface area contributed by atoms with E-state index >= 15 is 0 Å². The van der Waals surface area contributed by atoms with Gasteiger partial charge >= 0.3 is 5.97 Å². The Labute approximate surface area is 128 Å². The molecule has 2 rings (SSSR count). The summed E-state index contributed by atoms with van der Waals surface area (Å²) < 4.78 is 8.28. The predicted octanol–water partition coefficient (Wildman–Crippen LogP) is 0.326. The number of esters is 1. The molecule has 0 unspecified atom stereocenters. The fourth-order valence-corrected chi connectivity index (χ4v) is 1.98. The van der Waals surface area contributed by atoms with Crippen molar-refractivity contribution >= 4 is 11.9 Å². The summed E-state index contributed by atoms with van der Waals surface area (Å²) in [5, 5.41) is 1.46. The number of imidazole rings is 1. The number of aryl methyl sites for hydroxylation is 1. The molecule has 0 saturated heterocycles. The van der Waals surface area contributed by atoms with Crippen molar-refractivity contribution < 1.29 is 19.0 Å². The van der Waals surface area contributed by atoms with Crippen LogP contribution in [0.3, 0.4) is 0 Å². The van der Waals surface area contributed by atoms with Crippen LogP contribution in [0.2, 0.25) is 0 Å². The number of carbonyl (C=O) groups excluding carboxylic acids is 2. The number of pyridine rings is 1. The number of aromatic nitrogens is 3. The normalized spacial score (nSPS) is 10.3. The molecule has 0 aromatic carbocycles. The second kappa shape index (κ2) is 7.35. The summed E-state index contributed by atoms with van der Waals surface area (Å²) >= 11 is 0. The number of rotatable bonds is 6. The molecule has 1 amide bonds. The summed E-state index contributed by atoms with van der Waals surface area (Å²) in [7, 11) is 1.86. The number of amides is 1. The van der Waals surface area contributed by atoms with Gasteiger partial charge in [-0.1, -0.05) is 10.7 Å². The van der Waals surface area contributed by atoms with Crippen LogP contribution in [-0.2, 0) is 27.9 Å². The quantitative estimate of drug-likeness (QED) is 0.438. The summed E-state index contributed by atoms with van der Waals surface area (Å²) in [6.45, 7) is 2.23. The predicted molar refractivity (Wildman–Crippen MR) is 78.0 cm³/mol. The monoisotopic (exact) mass is 303 g/mol. The minimum absolute atomic E-state index is 0.255. The highest BCUT2D eigenvalue weighted by Gasteiger charge is 2.26. The van der Waals surface area contributed by atoms with Crippen LogP contribution < -0.4 is 9.69 Å². The van der Waals surface area contributed by atoms with Gasteiger partial charge in [-0.25, -0.2) is 4.98 Å². The Hall–Kier alpha value is -2.70. The lowest BCUT2D eigenvalue weighted by molar-refractivity contribution is -0.685. The molecule has 0 radical (unpaired) electrons. The SMILES string of the molecule is CCOC(=O)CC(=O)N(Cc1cn(C)cn1)[n+]1ccccc1. The second-order valence-corrected chi connectivity index (χ2v) is 4.72. The second-order valence-electron chi connectivity index (χ2n) is 4.72. The zero-order valence-electron chi connectivity index (χ0n) is 12.7. The van der Waals surface area contributed by atoms with E-state index in [0.29, 0.717) is 0 Å². The van der Waals surface area contributed by atoms with Crippen molar-refractivity contribution in [3.05, 3.63) is 48.8 Å². The molecule has 0 fully saturated rings. The van der Waals surface area contributed by atoms with Crippen LogP contribution in [0, 0.1) is 0 Å². The topological polar surface area (TPSA) is 68.3 Å². The van der Waals surface area contributed by atoms with Crippen molar-refractivity contribution in [1.29, 1.82) is 0 Å². The fraction of sp³-hybridized carbons (Fsp3) is 0.333. The molecular weight excluding hydrogens is 284 g/mol. The van der Waals surface area contributed by atoms with E-state index < -0.39 is 5.97 Å². The van der Waals surface area contributed by atoms with Gasteiger partial charge < -0.3 is 9.30 Å². The van der Waals surface area contributed by atoms with E-state index in [2.05, 4.69) is 4.98 Å². The van der Waals surface area contributed by atoms with Crippen LogP contribution in [0.15, 0.2) is 43.1 Å². The van der Waals surface area contributed by atoms with Crippen molar-refractivity contribution in [3.8, 4) is 0 Å². The molecule has 2 aromatic rings. The summed E-state index contributed by atoms with van der Waals surface area (Å²) in [6, 6.07) is 5.47. The zero-order chi connectivity index (χ0) is 15.9. The fourth-order valence-electron chi connectivity index (χ4n) is 1.98. The van der Waals surface area contributed by atoms with Gasteiger partial charge in [-0.3, -0.25) is 9.59 Å². The van der Waals surface area contributed by atoms with Crippen LogP contribution in [-0.4, -0.2) is 28.0 Å². The lowest BCUT2D eigenvalue weighted by Gasteiger charge is -2.14. The molecule has 0 saturated carbocycles. The Kier molecular flexibility index (Phi) is 5.24. The summed E-state index contributed by atoms with van der Waals surface area (Å²) in [5.74, 6) is -0.879. The van der Waals surface area contributed by atoms with Gasteiger partial charge in [-0.2, -0.15) is 0 Å². The lowest BCUT2D eigenvalue weighted by Crippen LogP contribution is -2.60. The zero-order valence-corrected chi connectivity index (χ0v) is 12.7. The van der Waals surface area contributed by atoms with Gasteiger partial charge in [-0.15, -0.1) is 5.01 Å². The first-order chi connectivity index (χ1) is 10.6. The standard InChI is InChI=1S/C15H19N4O3/c1-3-22-15(21)9-14(20)19(18-7-5-4-6-8-18)11-13-10-17(2)12-16-13/h4-8,10,12H,3,9,11H2,1-2H3/q+1. The average Bonchev–Trinajstić information content (AvgIpc) is 2.91. The first kappa shape index (κ1) is 15.7. The van der Waals surface area contributed by atoms with Crippen molar-refractivity contribution in [2.45, 2.75) is 19.9 Å². The summed E-state index contributed by atoms with van der Waals surface area (Å²) in [5.41, 5.74) is 0.732. The molecule has 116 valence electrons. The number of ether oxygens (including phenoxy) is 1. The van der Waals surface area contributed by atoms with Crippen LogP contribution in [0.4, 0.5) is 0 Å². The molecule has 2 heterocycles. The van der Waals surface area contributed by atoms with Crippen LogP contribution in [0.5, 0.6) is 0 Å². The molecule has 7 nitrogen and oxygen atoms in total. The maximum absolute atomic E-state index is 12.4. The average molecular weight is 303 g/mol. The minimum Gasteiger partial charge on any atom is -0.466 e. The molecule has 0 N–H and O–H groups in total. The van der Waals surface area contributed by atoms with Gasteiger partial charge in [0.25, 0.3) is 5.91 Å². The number of carbonyl (C=O) groups is 2. The Balaban J connectivity index is 2.18. The molecule has 0 aliphatic carbocycles. The molecular formula is C15H19N4O3+. The number of hydrogen-bond acceptors (Lipinski definition) is 4. The maximum atomic E-state index is 12.4. The van der Waals surface area contributed by atoms with E-state index in [9.17, 15) is 9.59 Å². The molecule has 2 aromatic heterocycles. The van der Waals surface area contributed by atoms with E-state index in [-0.39, 0.29) is 25.5 Å². The first-order valence-corrected chi connectivity index (χ1v) is 6.99. The van der Waals surface area contributed by atoms with E-state index in [1.807, 2.05) is 31.4 Å². The highest BCUT2D eigenvalue weighted by atomic mass is 16.5. The number of hydrogen-bond donors (Lipinski definition) is 0. The van der Waals surface area contributed by atoms with Crippen molar-refractivity contribution in [3.63, 3.8) is 0 Å². The van der Waals surface area contributed by atoms with Crippen molar-refractivity contribution in [2.24, 2.45) is 7.05 Å². The summed E-state index contributed by atoms with van der Waals surface area (Å²) in [6.07, 6.45) is 6.67. The van der Waals surface area contributed by atoms with Gasteiger partial charge in [0.2, 0.25) is 0 Å². The third-order valence-corrected chi connectivity index (χ3v) is 2.94. The maximum Gasteiger partial charge on any atom is 0.315 e. The van der Waals surface area contributed by atoms with Crippen LogP contribution in [0.25, 0.3) is 0 Å². The number of nitrogens with zero attached hydrogens (tertiary/aromatic N) is 4. The molecule has 22 heavy (non-hydrogen) atoms. The smallest absolute Gasteiger partial charge is 0.315 e. The molecule has 0 aliphatic heterocycles. The summed E-state index contributed by atoms with van der Waals surface area (Å²) in [4.78, 5) is 28.2. The molecule has 0 spiro atoms. The lowest BCUT2D eigenvalue weighted by atomic mass is 10.3. The van der Waals surface area contributed by atoms with Gasteiger partial charge in [0.15, 0.2) is 12.4 Å². The molecule has 7 heteroatoms. The van der Waals surface area contributed by atoms with Gasteiger partial charge in [0, 0.05) is 25.4 Å². The third kappa shape index (κ3) is 4.15. The van der Waals surface area contributed by atoms with Gasteiger partial charge in [0.1, 0.15) is 13.0 Å². The van der Waals surface area contributed by atoms with Crippen LogP contribution in [0.1, 0.15) is 19.0 Å². The first-order valence-electron chi connectivity index (χ1n) is 6.99. The molecule has 0 bridgehead atoms. The molecule has 0 atom stereocenters. The Morgan fingerprint density at radius 1 is 1.32 bits per heavy atom. The van der Waals surface area contributed by atoms with Crippen molar-refractivity contribution in [2.75, 3.05) is 11.6 Å². The van der Waals surface area contributed by atoms with Crippen molar-refractivity contribution in [1.82, 2.24) is 9.55 Å². The third-order valence-electron chi connectivity index (χ3n) is 2.94. The van der Waals surface area contributed by atoms with Gasteiger partial charge in [-0.05, 0) is 6.92 Å². The van der Waals surface area contributed by atoms with E-state index in [4.69, 9.17) is 4.74 Å². The Morgan fingerprint density at radius 3 is 2.64 bits per heavy atom. The van der Waals surface area contributed by atoms with E-state index in [1.165, 1.54) is 5.01 Å². The Morgan fingerprint density at radius 2 is 2.05 bits per heavy atom. The van der Waals surface area contributed by atoms with Crippen LogP contribution >= 0.6 is 0 Å². The highest BCUT2D eigenvalue weighted by Crippen LogP contribution is 2.01. The molecule has 0 aliphatic rings. The van der Waals surface area contributed by atoms with E-state index in [1.54, 1.807) is 34.9 Å².